The van der Waals surface area contributed by atoms with Gasteiger partial charge in [0, 0.05) is 18.3 Å². The Balaban J connectivity index is 2.41. The van der Waals surface area contributed by atoms with Gasteiger partial charge in [-0.3, -0.25) is 4.57 Å². The highest BCUT2D eigenvalue weighted by atomic mass is 32.1. The minimum absolute atomic E-state index is 0.315. The summed E-state index contributed by atoms with van der Waals surface area (Å²) in [6.45, 7) is 11.7. The number of hydrogen-bond donors (Lipinski definition) is 1. The van der Waals surface area contributed by atoms with Gasteiger partial charge in [0.25, 0.3) is 0 Å². The molecule has 1 atom stereocenters. The molecule has 1 N–H and O–H groups in total. The highest BCUT2D eigenvalue weighted by Gasteiger charge is 2.14. The molecule has 2 rings (SSSR count). The minimum atomic E-state index is 0.315. The normalized spacial score (nSPS) is 13.3. The molecule has 0 aliphatic carbocycles. The summed E-state index contributed by atoms with van der Waals surface area (Å²) in [5.41, 5.74) is 3.00. The smallest absolute Gasteiger partial charge is 0.179 e. The van der Waals surface area contributed by atoms with Crippen LogP contribution in [-0.4, -0.2) is 39.1 Å². The van der Waals surface area contributed by atoms with Crippen LogP contribution in [0, 0.1) is 11.7 Å². The molecular weight excluding hydrogens is 256 g/mol. The zero-order valence-electron chi connectivity index (χ0n) is 12.1. The average molecular weight is 278 g/mol. The highest BCUT2D eigenvalue weighted by molar-refractivity contribution is 7.71. The Morgan fingerprint density at radius 1 is 1.37 bits per heavy atom. The molecule has 2 heterocycles. The fraction of sp³-hybridized carbons (Fsp3) is 0.571. The summed E-state index contributed by atoms with van der Waals surface area (Å²) in [5.74, 6) is 0. The third-order valence-corrected chi connectivity index (χ3v) is 3.86. The molecule has 0 aromatic carbocycles. The molecule has 104 valence electrons. The molecule has 4 nitrogen and oxygen atoms in total. The second kappa shape index (κ2) is 5.84. The number of H-pyrrole nitrogens is 1. The highest BCUT2D eigenvalue weighted by Crippen LogP contribution is 2.18. The van der Waals surface area contributed by atoms with Crippen LogP contribution in [0.2, 0.25) is 0 Å². The van der Waals surface area contributed by atoms with E-state index in [0.29, 0.717) is 6.04 Å². The molecule has 0 radical (unpaired) electrons. The number of aromatic amines is 1. The molecule has 1 unspecified atom stereocenters. The lowest BCUT2D eigenvalue weighted by atomic mass is 10.3. The van der Waals surface area contributed by atoms with Crippen LogP contribution in [0.25, 0.3) is 11.2 Å². The maximum Gasteiger partial charge on any atom is 0.179 e. The van der Waals surface area contributed by atoms with Crippen LogP contribution in [-0.2, 0) is 0 Å². The van der Waals surface area contributed by atoms with Gasteiger partial charge in [-0.1, -0.05) is 13.8 Å². The van der Waals surface area contributed by atoms with Crippen molar-refractivity contribution in [3.05, 3.63) is 22.6 Å². The van der Waals surface area contributed by atoms with E-state index in [2.05, 4.69) is 40.2 Å². The first-order valence-corrected chi connectivity index (χ1v) is 7.27. The summed E-state index contributed by atoms with van der Waals surface area (Å²) in [5, 5.41) is 0. The molecule has 5 heteroatoms. The summed E-state index contributed by atoms with van der Waals surface area (Å²) in [4.78, 5) is 10.3. The topological polar surface area (TPSA) is 36.9 Å². The Morgan fingerprint density at radius 3 is 2.68 bits per heavy atom. The summed E-state index contributed by atoms with van der Waals surface area (Å²) >= 11 is 5.45. The van der Waals surface area contributed by atoms with Gasteiger partial charge < -0.3 is 9.88 Å². The number of imidazole rings is 1. The lowest BCUT2D eigenvalue weighted by molar-refractivity contribution is 0.262. The molecular formula is C14H22N4S. The third kappa shape index (κ3) is 2.87. The van der Waals surface area contributed by atoms with Gasteiger partial charge in [-0.15, -0.1) is 0 Å². The summed E-state index contributed by atoms with van der Waals surface area (Å²) in [7, 11) is 0. The van der Waals surface area contributed by atoms with Gasteiger partial charge in [-0.05, 0) is 51.3 Å². The number of nitrogens with one attached hydrogen (secondary N) is 1. The van der Waals surface area contributed by atoms with Gasteiger partial charge in [0.1, 0.15) is 0 Å². The summed E-state index contributed by atoms with van der Waals surface area (Å²) < 4.78 is 2.89. The first-order valence-electron chi connectivity index (χ1n) is 6.87. The standard InChI is InChI=1S/C14H22N4S/c1-5-17(6-2)9-11(4)18-13-12(16-14(18)19)8-7-10(3)15-13/h7-8,11H,5-6,9H2,1-4H3,(H,16,19). The van der Waals surface area contributed by atoms with E-state index < -0.39 is 0 Å². The predicted octanol–water partition coefficient (Wildman–Crippen LogP) is 3.31. The van der Waals surface area contributed by atoms with Crippen molar-refractivity contribution in [3.8, 4) is 0 Å². The molecule has 0 spiro atoms. The molecule has 2 aromatic heterocycles. The second-order valence-electron chi connectivity index (χ2n) is 4.96. The third-order valence-electron chi connectivity index (χ3n) is 3.56. The van der Waals surface area contributed by atoms with Gasteiger partial charge in [0.05, 0.1) is 5.52 Å². The van der Waals surface area contributed by atoms with Crippen LogP contribution in [0.3, 0.4) is 0 Å². The van der Waals surface area contributed by atoms with E-state index in [1.165, 1.54) is 0 Å². The maximum atomic E-state index is 5.45. The van der Waals surface area contributed by atoms with Crippen LogP contribution in [0.15, 0.2) is 12.1 Å². The van der Waals surface area contributed by atoms with Crippen LogP contribution in [0.4, 0.5) is 0 Å². The zero-order valence-corrected chi connectivity index (χ0v) is 12.9. The molecule has 0 aliphatic rings. The minimum Gasteiger partial charge on any atom is -0.329 e. The summed E-state index contributed by atoms with van der Waals surface area (Å²) in [6.07, 6.45) is 0. The number of fused-ring (bicyclic) bond motifs is 1. The second-order valence-corrected chi connectivity index (χ2v) is 5.35. The van der Waals surface area contributed by atoms with Crippen molar-refractivity contribution in [3.63, 3.8) is 0 Å². The molecule has 0 amide bonds. The van der Waals surface area contributed by atoms with Crippen molar-refractivity contribution in [1.29, 1.82) is 0 Å². The van der Waals surface area contributed by atoms with E-state index in [1.807, 2.05) is 19.1 Å². The predicted molar refractivity (Wildman–Crippen MR) is 82.2 cm³/mol. The van der Waals surface area contributed by atoms with Gasteiger partial charge >= 0.3 is 0 Å². The van der Waals surface area contributed by atoms with Crippen LogP contribution in [0.1, 0.15) is 32.5 Å². The Hall–Kier alpha value is -1.20. The Bertz CT molecular complexity index is 609. The first-order chi connectivity index (χ1) is 9.06. The Morgan fingerprint density at radius 2 is 2.05 bits per heavy atom. The number of aromatic nitrogens is 3. The Labute approximate surface area is 119 Å². The van der Waals surface area contributed by atoms with Crippen LogP contribution < -0.4 is 0 Å². The van der Waals surface area contributed by atoms with Gasteiger partial charge in [-0.2, -0.15) is 0 Å². The summed E-state index contributed by atoms with van der Waals surface area (Å²) in [6, 6.07) is 4.37. The molecule has 19 heavy (non-hydrogen) atoms. The molecule has 2 aromatic rings. The van der Waals surface area contributed by atoms with Crippen molar-refractivity contribution in [2.75, 3.05) is 19.6 Å². The number of likely N-dealkylation sites (N-methyl/N-ethyl adjacent to an activating group) is 1. The van der Waals surface area contributed by atoms with Crippen molar-refractivity contribution in [2.24, 2.45) is 0 Å². The van der Waals surface area contributed by atoms with Gasteiger partial charge in [0.2, 0.25) is 0 Å². The number of pyridine rings is 1. The van der Waals surface area contributed by atoms with Crippen LogP contribution in [0.5, 0.6) is 0 Å². The largest absolute Gasteiger partial charge is 0.329 e. The molecule has 0 aliphatic heterocycles. The zero-order chi connectivity index (χ0) is 14.0. The van der Waals surface area contributed by atoms with E-state index in [4.69, 9.17) is 12.2 Å². The van der Waals surface area contributed by atoms with E-state index in [-0.39, 0.29) is 0 Å². The molecule has 0 fully saturated rings. The van der Waals surface area contributed by atoms with E-state index in [0.717, 1.165) is 41.3 Å². The van der Waals surface area contributed by atoms with Crippen molar-refractivity contribution < 1.29 is 0 Å². The monoisotopic (exact) mass is 278 g/mol. The SMILES string of the molecule is CCN(CC)CC(C)n1c(=S)[nH]c2ccc(C)nc21. The first kappa shape index (κ1) is 14.2. The van der Waals surface area contributed by atoms with Gasteiger partial charge in [-0.25, -0.2) is 4.98 Å². The Kier molecular flexibility index (Phi) is 4.37. The van der Waals surface area contributed by atoms with E-state index >= 15 is 0 Å². The molecule has 0 bridgehead atoms. The fourth-order valence-corrected chi connectivity index (χ4v) is 2.82. The van der Waals surface area contributed by atoms with Crippen LogP contribution >= 0.6 is 12.2 Å². The number of rotatable bonds is 5. The van der Waals surface area contributed by atoms with Crippen molar-refractivity contribution in [1.82, 2.24) is 19.4 Å². The van der Waals surface area contributed by atoms with E-state index in [1.54, 1.807) is 0 Å². The lowest BCUT2D eigenvalue weighted by Crippen LogP contribution is -2.29. The fourth-order valence-electron chi connectivity index (χ4n) is 2.44. The number of aryl methyl sites for hydroxylation is 1. The molecule has 0 saturated heterocycles. The molecule has 0 saturated carbocycles. The number of hydrogen-bond acceptors (Lipinski definition) is 3. The van der Waals surface area contributed by atoms with E-state index in [9.17, 15) is 0 Å². The quantitative estimate of drug-likeness (QED) is 0.853. The van der Waals surface area contributed by atoms with Crippen molar-refractivity contribution >= 4 is 23.4 Å². The van der Waals surface area contributed by atoms with Gasteiger partial charge in [0.15, 0.2) is 10.4 Å². The number of nitrogens with zero attached hydrogens (tertiary/aromatic N) is 3. The lowest BCUT2D eigenvalue weighted by Gasteiger charge is -2.23. The maximum absolute atomic E-state index is 5.45. The van der Waals surface area contributed by atoms with Crippen molar-refractivity contribution in [2.45, 2.75) is 33.7 Å². The average Bonchev–Trinajstić information content (AvgIpc) is 2.71.